The Kier molecular flexibility index (Phi) is 5.42. The van der Waals surface area contributed by atoms with E-state index < -0.39 is 17.6 Å². The Balaban J connectivity index is 2.07. The molecule has 1 N–H and O–H groups in total. The molecule has 0 radical (unpaired) electrons. The summed E-state index contributed by atoms with van der Waals surface area (Å²) in [5.74, 6) is 0.530. The fourth-order valence-electron chi connectivity index (χ4n) is 2.94. The predicted octanol–water partition coefficient (Wildman–Crippen LogP) is 4.41. The number of aromatic nitrogens is 1. The van der Waals surface area contributed by atoms with E-state index in [0.29, 0.717) is 33.6 Å². The number of rotatable bonds is 6. The molecule has 0 fully saturated rings. The van der Waals surface area contributed by atoms with Gasteiger partial charge in [-0.05, 0) is 29.8 Å². The molecule has 3 aromatic rings. The zero-order valence-corrected chi connectivity index (χ0v) is 15.5. The molecule has 27 heavy (non-hydrogen) atoms. The molecule has 0 aliphatic carbocycles. The van der Waals surface area contributed by atoms with Crippen LogP contribution < -0.4 is 9.46 Å². The van der Waals surface area contributed by atoms with Crippen LogP contribution in [0.1, 0.15) is 12.5 Å². The maximum atomic E-state index is 12.5. The van der Waals surface area contributed by atoms with Crippen LogP contribution in [0.25, 0.3) is 22.2 Å². The van der Waals surface area contributed by atoms with E-state index >= 15 is 0 Å². The highest BCUT2D eigenvalue weighted by atomic mass is 32.2. The average molecular weight is 389 g/mol. The van der Waals surface area contributed by atoms with Crippen molar-refractivity contribution >= 4 is 27.6 Å². The minimum absolute atomic E-state index is 0.0377. The molecule has 1 heterocycles. The molecule has 0 amide bonds. The second kappa shape index (κ2) is 7.76. The number of hydrogen-bond donors (Lipinski definition) is 1. The highest BCUT2D eigenvalue weighted by Crippen LogP contribution is 2.35. The van der Waals surface area contributed by atoms with Crippen LogP contribution in [-0.2, 0) is 18.0 Å². The molecular formula is C19H17F2N3O2S. The Morgan fingerprint density at radius 1 is 1.26 bits per heavy atom. The van der Waals surface area contributed by atoms with Gasteiger partial charge in [0.25, 0.3) is 0 Å². The van der Waals surface area contributed by atoms with Crippen molar-refractivity contribution in [3.8, 4) is 23.1 Å². The number of halogens is 2. The van der Waals surface area contributed by atoms with Gasteiger partial charge in [0.05, 0.1) is 16.8 Å². The van der Waals surface area contributed by atoms with Crippen molar-refractivity contribution in [3.63, 3.8) is 0 Å². The zero-order chi connectivity index (χ0) is 19.6. The van der Waals surface area contributed by atoms with Crippen LogP contribution in [0.2, 0.25) is 0 Å². The lowest BCUT2D eigenvalue weighted by Crippen LogP contribution is -2.05. The van der Waals surface area contributed by atoms with E-state index in [4.69, 9.17) is 0 Å². The maximum Gasteiger partial charge on any atom is 0.387 e. The van der Waals surface area contributed by atoms with E-state index in [9.17, 15) is 18.3 Å². The first-order valence-electron chi connectivity index (χ1n) is 8.17. The fourth-order valence-corrected chi connectivity index (χ4v) is 3.49. The van der Waals surface area contributed by atoms with Crippen molar-refractivity contribution in [3.05, 3.63) is 48.0 Å². The van der Waals surface area contributed by atoms with E-state index in [1.807, 2.05) is 19.1 Å². The SMILES string of the molecule is CCS(=O)Nc1ccc(-c2c(C#N)c3ccc(OC(F)F)cc3n2C)cc1. The van der Waals surface area contributed by atoms with Crippen LogP contribution >= 0.6 is 0 Å². The third-order valence-corrected chi connectivity index (χ3v) is 5.15. The number of alkyl halides is 2. The fraction of sp³-hybridized carbons (Fsp3) is 0.211. The van der Waals surface area contributed by atoms with Gasteiger partial charge in [0.2, 0.25) is 0 Å². The molecule has 0 bridgehead atoms. The first-order valence-corrected chi connectivity index (χ1v) is 9.49. The van der Waals surface area contributed by atoms with Crippen LogP contribution in [0.15, 0.2) is 42.5 Å². The second-order valence-corrected chi connectivity index (χ2v) is 7.24. The molecule has 0 aliphatic rings. The van der Waals surface area contributed by atoms with Crippen LogP contribution in [0.4, 0.5) is 14.5 Å². The lowest BCUT2D eigenvalue weighted by Gasteiger charge is -2.08. The Morgan fingerprint density at radius 3 is 2.56 bits per heavy atom. The van der Waals surface area contributed by atoms with E-state index in [-0.39, 0.29) is 5.75 Å². The molecule has 2 aromatic carbocycles. The van der Waals surface area contributed by atoms with Crippen LogP contribution in [0.3, 0.4) is 0 Å². The van der Waals surface area contributed by atoms with Crippen molar-refractivity contribution < 1.29 is 17.7 Å². The van der Waals surface area contributed by atoms with E-state index in [2.05, 4.69) is 15.5 Å². The maximum absolute atomic E-state index is 12.5. The summed E-state index contributed by atoms with van der Waals surface area (Å²) >= 11 is 0. The number of aryl methyl sites for hydroxylation is 1. The molecule has 0 saturated carbocycles. The minimum atomic E-state index is -2.91. The molecule has 1 aromatic heterocycles. The van der Waals surface area contributed by atoms with Gasteiger partial charge < -0.3 is 14.0 Å². The number of nitrogens with one attached hydrogen (secondary N) is 1. The molecule has 140 valence electrons. The van der Waals surface area contributed by atoms with Crippen LogP contribution in [0.5, 0.6) is 5.75 Å². The molecular weight excluding hydrogens is 372 g/mol. The standard InChI is InChI=1S/C19H17F2N3O2S/c1-3-27(25)23-13-6-4-12(5-7-13)18-16(11-22)15-9-8-14(26-19(20)21)10-17(15)24(18)2/h4-10,19,23H,3H2,1-2H3. The third-order valence-electron chi connectivity index (χ3n) is 4.16. The summed E-state index contributed by atoms with van der Waals surface area (Å²) in [6.07, 6.45) is 0. The number of anilines is 1. The summed E-state index contributed by atoms with van der Waals surface area (Å²) in [6.45, 7) is -1.09. The number of nitriles is 1. The first-order chi connectivity index (χ1) is 12.9. The molecule has 1 atom stereocenters. The number of ether oxygens (including phenoxy) is 1. The third kappa shape index (κ3) is 3.78. The van der Waals surface area contributed by atoms with E-state index in [0.717, 1.165) is 5.56 Å². The van der Waals surface area contributed by atoms with Gasteiger partial charge in [-0.25, -0.2) is 4.21 Å². The summed E-state index contributed by atoms with van der Waals surface area (Å²) < 4.78 is 45.7. The quantitative estimate of drug-likeness (QED) is 0.679. The van der Waals surface area contributed by atoms with Crippen LogP contribution in [0, 0.1) is 11.3 Å². The van der Waals surface area contributed by atoms with Gasteiger partial charge in [-0.3, -0.25) is 0 Å². The van der Waals surface area contributed by atoms with Crippen molar-refractivity contribution in [2.24, 2.45) is 7.05 Å². The average Bonchev–Trinajstić information content (AvgIpc) is 2.93. The number of fused-ring (bicyclic) bond motifs is 1. The molecule has 0 spiro atoms. The molecule has 0 aliphatic heterocycles. The Bertz CT molecular complexity index is 1040. The van der Waals surface area contributed by atoms with Gasteiger partial charge in [-0.15, -0.1) is 0 Å². The summed E-state index contributed by atoms with van der Waals surface area (Å²) in [4.78, 5) is 0. The number of nitrogens with zero attached hydrogens (tertiary/aromatic N) is 2. The van der Waals surface area contributed by atoms with Crippen LogP contribution in [-0.4, -0.2) is 21.1 Å². The van der Waals surface area contributed by atoms with Crippen molar-refractivity contribution in [2.45, 2.75) is 13.5 Å². The Morgan fingerprint density at radius 2 is 1.96 bits per heavy atom. The van der Waals surface area contributed by atoms with Crippen molar-refractivity contribution in [1.82, 2.24) is 4.57 Å². The van der Waals surface area contributed by atoms with E-state index in [1.165, 1.54) is 12.1 Å². The van der Waals surface area contributed by atoms with Gasteiger partial charge in [-0.2, -0.15) is 14.0 Å². The zero-order valence-electron chi connectivity index (χ0n) is 14.7. The molecule has 8 heteroatoms. The van der Waals surface area contributed by atoms with Crippen molar-refractivity contribution in [1.29, 1.82) is 5.26 Å². The summed E-state index contributed by atoms with van der Waals surface area (Å²) in [7, 11) is 0.625. The lowest BCUT2D eigenvalue weighted by molar-refractivity contribution is -0.0497. The predicted molar refractivity (Wildman–Crippen MR) is 102 cm³/mol. The monoisotopic (exact) mass is 389 g/mol. The minimum Gasteiger partial charge on any atom is -0.435 e. The summed E-state index contributed by atoms with van der Waals surface area (Å²) in [6, 6.07) is 13.9. The van der Waals surface area contributed by atoms with Crippen molar-refractivity contribution in [2.75, 3.05) is 10.5 Å². The van der Waals surface area contributed by atoms with Gasteiger partial charge >= 0.3 is 6.61 Å². The smallest absolute Gasteiger partial charge is 0.387 e. The van der Waals surface area contributed by atoms with Gasteiger partial charge in [-0.1, -0.05) is 19.1 Å². The lowest BCUT2D eigenvalue weighted by atomic mass is 10.1. The molecule has 5 nitrogen and oxygen atoms in total. The van der Waals surface area contributed by atoms with Gasteiger partial charge in [0.15, 0.2) is 0 Å². The van der Waals surface area contributed by atoms with Gasteiger partial charge in [0.1, 0.15) is 22.8 Å². The Hall–Kier alpha value is -2.92. The Labute approximate surface area is 157 Å². The summed E-state index contributed by atoms with van der Waals surface area (Å²) in [5, 5.41) is 10.3. The number of hydrogen-bond acceptors (Lipinski definition) is 3. The number of benzene rings is 2. The first kappa shape index (κ1) is 18.9. The van der Waals surface area contributed by atoms with E-state index in [1.54, 1.807) is 29.8 Å². The highest BCUT2D eigenvalue weighted by Gasteiger charge is 2.18. The second-order valence-electron chi connectivity index (χ2n) is 5.77. The highest BCUT2D eigenvalue weighted by molar-refractivity contribution is 7.86. The largest absolute Gasteiger partial charge is 0.435 e. The topological polar surface area (TPSA) is 67.1 Å². The molecule has 0 saturated heterocycles. The van der Waals surface area contributed by atoms with Gasteiger partial charge in [0, 0.05) is 29.9 Å². The molecule has 3 rings (SSSR count). The summed E-state index contributed by atoms with van der Waals surface area (Å²) in [5.41, 5.74) is 3.24. The normalized spacial score (nSPS) is 12.1. The molecule has 1 unspecified atom stereocenters.